The highest BCUT2D eigenvalue weighted by atomic mass is 16.5. The topological polar surface area (TPSA) is 66.8 Å². The predicted molar refractivity (Wildman–Crippen MR) is 36.5 cm³/mol. The molecule has 0 amide bonds. The van der Waals surface area contributed by atoms with E-state index < -0.39 is 5.97 Å². The Hall–Kier alpha value is -1.03. The molecule has 0 spiro atoms. The van der Waals surface area contributed by atoms with Gasteiger partial charge in [0, 0.05) is 6.92 Å². The van der Waals surface area contributed by atoms with Crippen molar-refractivity contribution in [3.8, 4) is 0 Å². The van der Waals surface area contributed by atoms with E-state index in [-0.39, 0.29) is 6.61 Å². The van der Waals surface area contributed by atoms with Crippen molar-refractivity contribution >= 4 is 5.97 Å². The van der Waals surface area contributed by atoms with Crippen LogP contribution < -0.4 is 0 Å². The van der Waals surface area contributed by atoms with Crippen LogP contribution in [0.2, 0.25) is 0 Å². The van der Waals surface area contributed by atoms with Gasteiger partial charge in [0.2, 0.25) is 0 Å². The van der Waals surface area contributed by atoms with E-state index in [1.165, 1.54) is 6.26 Å². The molecule has 0 saturated carbocycles. The Morgan fingerprint density at radius 1 is 1.80 bits per heavy atom. The normalized spacial score (nSPS) is 7.00. The molecule has 0 atom stereocenters. The molecule has 60 valence electrons. The van der Waals surface area contributed by atoms with E-state index in [2.05, 4.69) is 11.3 Å². The fourth-order valence-corrected chi connectivity index (χ4v) is 0.136. The van der Waals surface area contributed by atoms with Crippen molar-refractivity contribution < 1.29 is 19.7 Å². The minimum absolute atomic E-state index is 0.0615. The van der Waals surface area contributed by atoms with E-state index in [0.29, 0.717) is 6.61 Å². The molecule has 0 aromatic carbocycles. The van der Waals surface area contributed by atoms with Gasteiger partial charge in [0.15, 0.2) is 0 Å². The number of aliphatic carboxylic acids is 1. The monoisotopic (exact) mass is 148 g/mol. The maximum absolute atomic E-state index is 9.00. The van der Waals surface area contributed by atoms with Crippen molar-refractivity contribution in [2.75, 3.05) is 13.2 Å². The molecule has 0 rings (SSSR count). The van der Waals surface area contributed by atoms with E-state index in [1.54, 1.807) is 0 Å². The van der Waals surface area contributed by atoms with Gasteiger partial charge in [-0.2, -0.15) is 0 Å². The van der Waals surface area contributed by atoms with Crippen LogP contribution >= 0.6 is 0 Å². The highest BCUT2D eigenvalue weighted by molar-refractivity contribution is 5.62. The Balaban J connectivity index is 0. The molecule has 4 nitrogen and oxygen atoms in total. The van der Waals surface area contributed by atoms with Crippen LogP contribution in [0.5, 0.6) is 0 Å². The molecule has 2 N–H and O–H groups in total. The molecule has 0 aliphatic rings. The predicted octanol–water partition coefficient (Wildman–Crippen LogP) is 0.230. The molecular formula is C6H12O4. The molecule has 0 heterocycles. The van der Waals surface area contributed by atoms with Gasteiger partial charge in [0.1, 0.15) is 6.61 Å². The molecule has 0 aliphatic carbocycles. The number of rotatable bonds is 3. The number of aliphatic hydroxyl groups is 1. The molecule has 0 bridgehead atoms. The molecule has 10 heavy (non-hydrogen) atoms. The number of hydrogen-bond acceptors (Lipinski definition) is 3. The van der Waals surface area contributed by atoms with Crippen LogP contribution in [0, 0.1) is 0 Å². The Morgan fingerprint density at radius 3 is 2.30 bits per heavy atom. The van der Waals surface area contributed by atoms with Crippen molar-refractivity contribution in [2.24, 2.45) is 0 Å². The van der Waals surface area contributed by atoms with Gasteiger partial charge in [-0.15, -0.1) is 0 Å². The lowest BCUT2D eigenvalue weighted by Crippen LogP contribution is -1.90. The minimum Gasteiger partial charge on any atom is -0.499 e. The summed E-state index contributed by atoms with van der Waals surface area (Å²) >= 11 is 0. The van der Waals surface area contributed by atoms with Crippen molar-refractivity contribution in [1.29, 1.82) is 0 Å². The van der Waals surface area contributed by atoms with Crippen LogP contribution in [0.1, 0.15) is 6.92 Å². The summed E-state index contributed by atoms with van der Waals surface area (Å²) in [6.07, 6.45) is 1.30. The Labute approximate surface area is 59.7 Å². The molecule has 0 saturated heterocycles. The fourth-order valence-electron chi connectivity index (χ4n) is 0.136. The zero-order valence-corrected chi connectivity index (χ0v) is 5.91. The average Bonchev–Trinajstić information content (AvgIpc) is 1.82. The molecule has 0 unspecified atom stereocenters. The standard InChI is InChI=1S/C4H8O2.C2H4O2/c1-2-6-4-3-5;1-2(3)4/h2,5H,1,3-4H2;1H3,(H,3,4). The Kier molecular flexibility index (Phi) is 12.7. The van der Waals surface area contributed by atoms with E-state index in [9.17, 15) is 0 Å². The quantitative estimate of drug-likeness (QED) is 0.444. The molecular weight excluding hydrogens is 136 g/mol. The number of carbonyl (C=O) groups is 1. The first-order valence-corrected chi connectivity index (χ1v) is 2.68. The molecule has 0 aromatic heterocycles. The lowest BCUT2D eigenvalue weighted by atomic mass is 10.8. The van der Waals surface area contributed by atoms with E-state index in [4.69, 9.17) is 15.0 Å². The maximum Gasteiger partial charge on any atom is 0.300 e. The number of aliphatic hydroxyl groups excluding tert-OH is 1. The lowest BCUT2D eigenvalue weighted by Gasteiger charge is -1.89. The van der Waals surface area contributed by atoms with Gasteiger partial charge < -0.3 is 14.9 Å². The van der Waals surface area contributed by atoms with Gasteiger partial charge in [0.05, 0.1) is 12.9 Å². The molecule has 0 aromatic rings. The van der Waals surface area contributed by atoms with Crippen LogP contribution in [0.3, 0.4) is 0 Å². The molecule has 0 radical (unpaired) electrons. The van der Waals surface area contributed by atoms with Crippen molar-refractivity contribution in [2.45, 2.75) is 6.92 Å². The minimum atomic E-state index is -0.833. The average molecular weight is 148 g/mol. The van der Waals surface area contributed by atoms with Crippen LogP contribution in [-0.2, 0) is 9.53 Å². The second-order valence-electron chi connectivity index (χ2n) is 1.28. The van der Waals surface area contributed by atoms with Crippen LogP contribution in [0.15, 0.2) is 12.8 Å². The lowest BCUT2D eigenvalue weighted by molar-refractivity contribution is -0.134. The summed E-state index contributed by atoms with van der Waals surface area (Å²) in [5.74, 6) is -0.833. The molecule has 0 fully saturated rings. The first kappa shape index (κ1) is 11.7. The maximum atomic E-state index is 9.00. The highest BCUT2D eigenvalue weighted by Gasteiger charge is 1.69. The summed E-state index contributed by atoms with van der Waals surface area (Å²) in [6.45, 7) is 4.76. The fraction of sp³-hybridized carbons (Fsp3) is 0.500. The van der Waals surface area contributed by atoms with Gasteiger partial charge in [-0.05, 0) is 0 Å². The zero-order chi connectivity index (χ0) is 8.41. The Bertz CT molecular complexity index is 85.7. The van der Waals surface area contributed by atoms with Crippen molar-refractivity contribution in [3.63, 3.8) is 0 Å². The number of ether oxygens (including phenoxy) is 1. The molecule has 4 heteroatoms. The number of carboxylic acids is 1. The summed E-state index contributed by atoms with van der Waals surface area (Å²) in [5.41, 5.74) is 0. The summed E-state index contributed by atoms with van der Waals surface area (Å²) in [5, 5.41) is 15.4. The third kappa shape index (κ3) is 64.0. The zero-order valence-electron chi connectivity index (χ0n) is 5.91. The van der Waals surface area contributed by atoms with E-state index in [0.717, 1.165) is 6.92 Å². The summed E-state index contributed by atoms with van der Waals surface area (Å²) < 4.78 is 4.50. The van der Waals surface area contributed by atoms with E-state index in [1.807, 2.05) is 0 Å². The third-order valence-electron chi connectivity index (χ3n) is 0.327. The van der Waals surface area contributed by atoms with Gasteiger partial charge in [-0.1, -0.05) is 6.58 Å². The number of hydrogen-bond donors (Lipinski definition) is 2. The van der Waals surface area contributed by atoms with Gasteiger partial charge in [-0.25, -0.2) is 0 Å². The smallest absolute Gasteiger partial charge is 0.300 e. The second kappa shape index (κ2) is 10.9. The van der Waals surface area contributed by atoms with Crippen LogP contribution in [0.25, 0.3) is 0 Å². The van der Waals surface area contributed by atoms with Crippen molar-refractivity contribution in [3.05, 3.63) is 12.8 Å². The van der Waals surface area contributed by atoms with E-state index >= 15 is 0 Å². The van der Waals surface area contributed by atoms with Gasteiger partial charge >= 0.3 is 0 Å². The number of carboxylic acid groups (broad SMARTS) is 1. The molecule has 0 aliphatic heterocycles. The second-order valence-corrected chi connectivity index (χ2v) is 1.28. The summed E-state index contributed by atoms with van der Waals surface area (Å²) in [4.78, 5) is 9.00. The third-order valence-corrected chi connectivity index (χ3v) is 0.327. The Morgan fingerprint density at radius 2 is 2.20 bits per heavy atom. The highest BCUT2D eigenvalue weighted by Crippen LogP contribution is 1.67. The van der Waals surface area contributed by atoms with Gasteiger partial charge in [0.25, 0.3) is 5.97 Å². The van der Waals surface area contributed by atoms with Crippen LogP contribution in [-0.4, -0.2) is 29.4 Å². The van der Waals surface area contributed by atoms with Crippen LogP contribution in [0.4, 0.5) is 0 Å². The first-order valence-electron chi connectivity index (χ1n) is 2.68. The first-order chi connectivity index (χ1) is 4.65. The summed E-state index contributed by atoms with van der Waals surface area (Å²) in [6, 6.07) is 0. The van der Waals surface area contributed by atoms with Crippen molar-refractivity contribution in [1.82, 2.24) is 0 Å². The summed E-state index contributed by atoms with van der Waals surface area (Å²) in [7, 11) is 0. The van der Waals surface area contributed by atoms with Gasteiger partial charge in [-0.3, -0.25) is 4.79 Å². The largest absolute Gasteiger partial charge is 0.499 e. The SMILES string of the molecule is C=COCCO.CC(=O)O.